The van der Waals surface area contributed by atoms with Gasteiger partial charge in [0.25, 0.3) is 0 Å². The summed E-state index contributed by atoms with van der Waals surface area (Å²) in [7, 11) is 3.58. The van der Waals surface area contributed by atoms with E-state index in [4.69, 9.17) is 4.74 Å². The van der Waals surface area contributed by atoms with E-state index in [1.165, 1.54) is 7.11 Å². The Bertz CT molecular complexity index is 731. The van der Waals surface area contributed by atoms with Gasteiger partial charge in [0, 0.05) is 32.4 Å². The van der Waals surface area contributed by atoms with Gasteiger partial charge in [-0.1, -0.05) is 0 Å². The summed E-state index contributed by atoms with van der Waals surface area (Å²) in [5, 5.41) is 1.07. The van der Waals surface area contributed by atoms with Crippen LogP contribution in [-0.4, -0.2) is 65.7 Å². The molecule has 1 aliphatic carbocycles. The van der Waals surface area contributed by atoms with Crippen molar-refractivity contribution in [1.29, 1.82) is 0 Å². The number of H-pyrrole nitrogens is 1. The van der Waals surface area contributed by atoms with E-state index >= 15 is 0 Å². The lowest BCUT2D eigenvalue weighted by molar-refractivity contribution is -0.141. The molecule has 1 aliphatic heterocycles. The molecule has 0 radical (unpaired) electrons. The summed E-state index contributed by atoms with van der Waals surface area (Å²) in [6.45, 7) is 2.40. The number of nitrogens with one attached hydrogen (secondary N) is 1. The second-order valence-corrected chi connectivity index (χ2v) is 6.96. The minimum Gasteiger partial charge on any atom is -0.468 e. The summed E-state index contributed by atoms with van der Waals surface area (Å²) in [6, 6.07) is 2.53. The Morgan fingerprint density at radius 3 is 2.83 bits per heavy atom. The first kappa shape index (κ1) is 15.4. The number of ether oxygens (including phenoxy) is 1. The third kappa shape index (κ3) is 2.62. The minimum atomic E-state index is -0.139. The highest BCUT2D eigenvalue weighted by Crippen LogP contribution is 2.41. The predicted molar refractivity (Wildman–Crippen MR) is 90.7 cm³/mol. The third-order valence-electron chi connectivity index (χ3n) is 5.60. The van der Waals surface area contributed by atoms with E-state index in [2.05, 4.69) is 31.8 Å². The number of hydrogen-bond donors (Lipinski definition) is 1. The number of methoxy groups -OCH3 is 1. The smallest absolute Gasteiger partial charge is 0.319 e. The van der Waals surface area contributed by atoms with Crippen molar-refractivity contribution in [2.45, 2.75) is 18.9 Å². The molecular formula is C17H23N5O2. The van der Waals surface area contributed by atoms with Crippen molar-refractivity contribution in [1.82, 2.24) is 19.9 Å². The summed E-state index contributed by atoms with van der Waals surface area (Å²) >= 11 is 0. The monoisotopic (exact) mass is 329 g/mol. The topological polar surface area (TPSA) is 74.3 Å². The van der Waals surface area contributed by atoms with Crippen molar-refractivity contribution in [3.8, 4) is 0 Å². The highest BCUT2D eigenvalue weighted by molar-refractivity contribution is 5.87. The molecule has 0 amide bonds. The van der Waals surface area contributed by atoms with E-state index in [1.807, 2.05) is 12.3 Å². The standard InChI is InChI=1S/C17H23N5O2/c1-21(17-14-3-4-18-16(14)19-10-20-17)13-5-11-7-22(8-12(11)6-13)9-15(23)24-2/h3-4,10-13H,5-9H2,1-2H3,(H,18,19,20)/t11-,12+,13?. The van der Waals surface area contributed by atoms with Gasteiger partial charge in [0.1, 0.15) is 17.8 Å². The fourth-order valence-corrected chi connectivity index (χ4v) is 4.37. The first-order valence-electron chi connectivity index (χ1n) is 8.45. The first-order valence-corrected chi connectivity index (χ1v) is 8.45. The number of aromatic nitrogens is 3. The predicted octanol–water partition coefficient (Wildman–Crippen LogP) is 1.28. The number of hydrogen-bond acceptors (Lipinski definition) is 6. The molecule has 4 rings (SSSR count). The van der Waals surface area contributed by atoms with Crippen LogP contribution < -0.4 is 4.90 Å². The summed E-state index contributed by atoms with van der Waals surface area (Å²) in [5.41, 5.74) is 0.884. The van der Waals surface area contributed by atoms with E-state index in [-0.39, 0.29) is 5.97 Å². The van der Waals surface area contributed by atoms with Crippen LogP contribution in [0.5, 0.6) is 0 Å². The maximum absolute atomic E-state index is 11.5. The van der Waals surface area contributed by atoms with Crippen molar-refractivity contribution in [3.63, 3.8) is 0 Å². The van der Waals surface area contributed by atoms with Crippen LogP contribution in [0, 0.1) is 11.8 Å². The molecule has 0 spiro atoms. The molecule has 3 atom stereocenters. The molecule has 1 saturated carbocycles. The minimum absolute atomic E-state index is 0.139. The molecule has 128 valence electrons. The van der Waals surface area contributed by atoms with Crippen LogP contribution in [0.25, 0.3) is 11.0 Å². The van der Waals surface area contributed by atoms with Gasteiger partial charge < -0.3 is 14.6 Å². The van der Waals surface area contributed by atoms with Gasteiger partial charge in [-0.25, -0.2) is 9.97 Å². The van der Waals surface area contributed by atoms with Gasteiger partial charge in [0.15, 0.2) is 0 Å². The summed E-state index contributed by atoms with van der Waals surface area (Å²) in [6.07, 6.45) is 5.83. The van der Waals surface area contributed by atoms with Gasteiger partial charge in [-0.15, -0.1) is 0 Å². The molecule has 0 bridgehead atoms. The number of anilines is 1. The summed E-state index contributed by atoms with van der Waals surface area (Å²) < 4.78 is 4.78. The fraction of sp³-hybridized carbons (Fsp3) is 0.588. The molecule has 1 saturated heterocycles. The maximum atomic E-state index is 11.5. The highest BCUT2D eigenvalue weighted by atomic mass is 16.5. The Morgan fingerprint density at radius 2 is 2.12 bits per heavy atom. The lowest BCUT2D eigenvalue weighted by atomic mass is 10.0. The Kier molecular flexibility index (Phi) is 3.88. The van der Waals surface area contributed by atoms with E-state index in [1.54, 1.807) is 6.33 Å². The summed E-state index contributed by atoms with van der Waals surface area (Å²) in [4.78, 5) is 27.9. The van der Waals surface area contributed by atoms with E-state index in [9.17, 15) is 4.79 Å². The molecule has 3 heterocycles. The Balaban J connectivity index is 1.43. The molecule has 24 heavy (non-hydrogen) atoms. The Labute approximate surface area is 141 Å². The summed E-state index contributed by atoms with van der Waals surface area (Å²) in [5.74, 6) is 2.17. The van der Waals surface area contributed by atoms with Gasteiger partial charge >= 0.3 is 5.97 Å². The van der Waals surface area contributed by atoms with Crippen LogP contribution in [0.2, 0.25) is 0 Å². The average molecular weight is 329 g/mol. The Hall–Kier alpha value is -2.15. The number of rotatable bonds is 4. The molecule has 1 unspecified atom stereocenters. The zero-order chi connectivity index (χ0) is 16.7. The Morgan fingerprint density at radius 1 is 1.38 bits per heavy atom. The zero-order valence-corrected chi connectivity index (χ0v) is 14.1. The number of esters is 1. The SMILES string of the molecule is COC(=O)CN1C[C@H]2CC(N(C)c3ncnc4[nH]ccc34)C[C@H]2C1. The maximum Gasteiger partial charge on any atom is 0.319 e. The molecule has 7 nitrogen and oxygen atoms in total. The molecular weight excluding hydrogens is 306 g/mol. The van der Waals surface area contributed by atoms with Gasteiger partial charge in [0.05, 0.1) is 19.0 Å². The van der Waals surface area contributed by atoms with E-state index in [0.717, 1.165) is 42.8 Å². The third-order valence-corrected chi connectivity index (χ3v) is 5.60. The lowest BCUT2D eigenvalue weighted by Crippen LogP contribution is -2.34. The average Bonchev–Trinajstić information content (AvgIpc) is 3.27. The van der Waals surface area contributed by atoms with E-state index < -0.39 is 0 Å². The quantitative estimate of drug-likeness (QED) is 0.852. The number of fused-ring (bicyclic) bond motifs is 2. The second kappa shape index (κ2) is 6.05. The van der Waals surface area contributed by atoms with Crippen molar-refractivity contribution in [2.75, 3.05) is 38.7 Å². The van der Waals surface area contributed by atoms with Gasteiger partial charge in [-0.05, 0) is 30.7 Å². The van der Waals surface area contributed by atoms with Crippen LogP contribution in [0.15, 0.2) is 18.6 Å². The number of likely N-dealkylation sites (tertiary alicyclic amines) is 1. The largest absolute Gasteiger partial charge is 0.468 e. The molecule has 7 heteroatoms. The first-order chi connectivity index (χ1) is 11.7. The fourth-order valence-electron chi connectivity index (χ4n) is 4.37. The van der Waals surface area contributed by atoms with Gasteiger partial charge in [0.2, 0.25) is 0 Å². The van der Waals surface area contributed by atoms with Crippen molar-refractivity contribution < 1.29 is 9.53 Å². The van der Waals surface area contributed by atoms with Gasteiger partial charge in [-0.3, -0.25) is 9.69 Å². The number of nitrogens with zero attached hydrogens (tertiary/aromatic N) is 4. The van der Waals surface area contributed by atoms with Crippen molar-refractivity contribution >= 4 is 22.8 Å². The lowest BCUT2D eigenvalue weighted by Gasteiger charge is -2.27. The molecule has 2 aromatic rings. The second-order valence-electron chi connectivity index (χ2n) is 6.96. The van der Waals surface area contributed by atoms with Crippen LogP contribution in [-0.2, 0) is 9.53 Å². The normalized spacial score (nSPS) is 26.7. The molecule has 0 aromatic carbocycles. The van der Waals surface area contributed by atoms with Crippen molar-refractivity contribution in [3.05, 3.63) is 18.6 Å². The van der Waals surface area contributed by atoms with Crippen LogP contribution in [0.3, 0.4) is 0 Å². The molecule has 2 aromatic heterocycles. The number of carbonyl (C=O) groups is 1. The zero-order valence-electron chi connectivity index (χ0n) is 14.1. The van der Waals surface area contributed by atoms with Crippen LogP contribution in [0.4, 0.5) is 5.82 Å². The van der Waals surface area contributed by atoms with Crippen molar-refractivity contribution in [2.24, 2.45) is 11.8 Å². The highest BCUT2D eigenvalue weighted by Gasteiger charge is 2.42. The molecule has 1 N–H and O–H groups in total. The van der Waals surface area contributed by atoms with Crippen LogP contribution in [0.1, 0.15) is 12.8 Å². The molecule has 2 aliphatic rings. The number of aromatic amines is 1. The molecule has 2 fully saturated rings. The van der Waals surface area contributed by atoms with Gasteiger partial charge in [-0.2, -0.15) is 0 Å². The number of carbonyl (C=O) groups excluding carboxylic acids is 1. The van der Waals surface area contributed by atoms with Crippen LogP contribution >= 0.6 is 0 Å². The van der Waals surface area contributed by atoms with E-state index in [0.29, 0.717) is 24.4 Å².